The minimum absolute atomic E-state index is 0.197. The molecule has 2 aromatic carbocycles. The fourth-order valence-electron chi connectivity index (χ4n) is 2.41. The van der Waals surface area contributed by atoms with Crippen molar-refractivity contribution < 1.29 is 9.13 Å². The fourth-order valence-corrected chi connectivity index (χ4v) is 2.41. The zero-order valence-electron chi connectivity index (χ0n) is 12.2. The van der Waals surface area contributed by atoms with Crippen LogP contribution < -0.4 is 10.1 Å². The summed E-state index contributed by atoms with van der Waals surface area (Å²) in [6.07, 6.45) is 2.48. The quantitative estimate of drug-likeness (QED) is 0.861. The Hall–Kier alpha value is -1.87. The molecule has 0 radical (unpaired) electrons. The summed E-state index contributed by atoms with van der Waals surface area (Å²) in [4.78, 5) is 0. The van der Waals surface area contributed by atoms with E-state index >= 15 is 0 Å². The van der Waals surface area contributed by atoms with E-state index in [0.717, 1.165) is 23.4 Å². The van der Waals surface area contributed by atoms with E-state index < -0.39 is 0 Å². The van der Waals surface area contributed by atoms with Crippen molar-refractivity contribution in [3.05, 3.63) is 53.8 Å². The van der Waals surface area contributed by atoms with Crippen LogP contribution in [-0.2, 0) is 6.54 Å². The Bertz CT molecular complexity index is 622. The molecule has 0 heterocycles. The van der Waals surface area contributed by atoms with Crippen LogP contribution in [0.2, 0.25) is 0 Å². The first kappa shape index (κ1) is 14.1. The van der Waals surface area contributed by atoms with Gasteiger partial charge in [-0.25, -0.2) is 4.39 Å². The van der Waals surface area contributed by atoms with E-state index in [1.54, 1.807) is 6.07 Å². The summed E-state index contributed by atoms with van der Waals surface area (Å²) >= 11 is 0. The van der Waals surface area contributed by atoms with E-state index in [4.69, 9.17) is 4.74 Å². The molecule has 0 aliphatic heterocycles. The molecule has 3 rings (SSSR count). The molecule has 3 heteroatoms. The molecule has 2 nitrogen and oxygen atoms in total. The van der Waals surface area contributed by atoms with Crippen molar-refractivity contribution in [1.29, 1.82) is 0 Å². The number of halogens is 1. The highest BCUT2D eigenvalue weighted by Gasteiger charge is 2.20. The van der Waals surface area contributed by atoms with Gasteiger partial charge < -0.3 is 10.1 Å². The number of hydrogen-bond donors (Lipinski definition) is 1. The van der Waals surface area contributed by atoms with Gasteiger partial charge in [-0.2, -0.15) is 0 Å². The maximum Gasteiger partial charge on any atom is 0.131 e. The lowest BCUT2D eigenvalue weighted by molar-refractivity contribution is 0.341. The standard InChI is InChI=1S/C18H20FNO/c1-2-21-18-6-4-3-5-16(18)15-10-7-13(11-17(15)19)12-20-14-8-9-14/h3-7,10-11,14,20H,2,8-9,12H2,1H3. The van der Waals surface area contributed by atoms with Crippen LogP contribution in [0.15, 0.2) is 42.5 Å². The number of benzene rings is 2. The van der Waals surface area contributed by atoms with Gasteiger partial charge in [0.25, 0.3) is 0 Å². The van der Waals surface area contributed by atoms with Gasteiger partial charge in [-0.05, 0) is 37.5 Å². The van der Waals surface area contributed by atoms with Gasteiger partial charge >= 0.3 is 0 Å². The first-order valence-electron chi connectivity index (χ1n) is 7.52. The van der Waals surface area contributed by atoms with Crippen LogP contribution in [0.5, 0.6) is 5.75 Å². The first-order valence-corrected chi connectivity index (χ1v) is 7.52. The van der Waals surface area contributed by atoms with Crippen LogP contribution in [-0.4, -0.2) is 12.6 Å². The molecule has 1 aliphatic rings. The van der Waals surface area contributed by atoms with E-state index in [-0.39, 0.29) is 5.82 Å². The monoisotopic (exact) mass is 285 g/mol. The Kier molecular flexibility index (Phi) is 4.20. The number of ether oxygens (including phenoxy) is 1. The van der Waals surface area contributed by atoms with Crippen LogP contribution in [0.25, 0.3) is 11.1 Å². The first-order chi connectivity index (χ1) is 10.3. The third-order valence-corrected chi connectivity index (χ3v) is 3.68. The zero-order valence-corrected chi connectivity index (χ0v) is 12.2. The van der Waals surface area contributed by atoms with Crippen molar-refractivity contribution in [2.24, 2.45) is 0 Å². The van der Waals surface area contributed by atoms with Crippen LogP contribution in [0.1, 0.15) is 25.3 Å². The third-order valence-electron chi connectivity index (χ3n) is 3.68. The van der Waals surface area contributed by atoms with Crippen LogP contribution in [0.3, 0.4) is 0 Å². The minimum atomic E-state index is -0.197. The number of rotatable bonds is 6. The highest BCUT2D eigenvalue weighted by molar-refractivity contribution is 5.71. The highest BCUT2D eigenvalue weighted by atomic mass is 19.1. The molecule has 1 saturated carbocycles. The van der Waals surface area contributed by atoms with Gasteiger partial charge in [0.15, 0.2) is 0 Å². The maximum atomic E-state index is 14.4. The summed E-state index contributed by atoms with van der Waals surface area (Å²) in [7, 11) is 0. The van der Waals surface area contributed by atoms with E-state index in [2.05, 4.69) is 5.32 Å². The topological polar surface area (TPSA) is 21.3 Å². The lowest BCUT2D eigenvalue weighted by atomic mass is 10.0. The smallest absolute Gasteiger partial charge is 0.131 e. The summed E-state index contributed by atoms with van der Waals surface area (Å²) in [5, 5.41) is 3.40. The number of nitrogens with one attached hydrogen (secondary N) is 1. The van der Waals surface area contributed by atoms with Gasteiger partial charge in [-0.3, -0.25) is 0 Å². The Labute approximate surface area is 125 Å². The Morgan fingerprint density at radius 1 is 1.14 bits per heavy atom. The van der Waals surface area contributed by atoms with E-state index in [0.29, 0.717) is 18.2 Å². The average molecular weight is 285 g/mol. The third kappa shape index (κ3) is 3.42. The predicted molar refractivity (Wildman–Crippen MR) is 82.9 cm³/mol. The molecule has 0 amide bonds. The van der Waals surface area contributed by atoms with E-state index in [1.807, 2.05) is 43.3 Å². The lowest BCUT2D eigenvalue weighted by Gasteiger charge is -2.12. The van der Waals surface area contributed by atoms with Gasteiger partial charge in [-0.15, -0.1) is 0 Å². The van der Waals surface area contributed by atoms with Gasteiger partial charge in [-0.1, -0.05) is 30.3 Å². The number of hydrogen-bond acceptors (Lipinski definition) is 2. The zero-order chi connectivity index (χ0) is 14.7. The summed E-state index contributed by atoms with van der Waals surface area (Å²) in [5.41, 5.74) is 2.38. The maximum absolute atomic E-state index is 14.4. The van der Waals surface area contributed by atoms with Gasteiger partial charge in [0.2, 0.25) is 0 Å². The van der Waals surface area contributed by atoms with Crippen LogP contribution in [0.4, 0.5) is 4.39 Å². The normalized spacial score (nSPS) is 14.2. The Morgan fingerprint density at radius 2 is 1.95 bits per heavy atom. The largest absolute Gasteiger partial charge is 0.493 e. The van der Waals surface area contributed by atoms with Crippen LogP contribution >= 0.6 is 0 Å². The Morgan fingerprint density at radius 3 is 2.67 bits per heavy atom. The summed E-state index contributed by atoms with van der Waals surface area (Å²) < 4.78 is 20.0. The molecule has 110 valence electrons. The second-order valence-corrected chi connectivity index (χ2v) is 5.40. The molecular weight excluding hydrogens is 265 g/mol. The molecule has 0 spiro atoms. The molecule has 0 saturated heterocycles. The minimum Gasteiger partial charge on any atom is -0.493 e. The van der Waals surface area contributed by atoms with Crippen LogP contribution in [0, 0.1) is 5.82 Å². The fraction of sp³-hybridized carbons (Fsp3) is 0.333. The van der Waals surface area contributed by atoms with Crippen molar-refractivity contribution in [3.63, 3.8) is 0 Å². The number of para-hydroxylation sites is 1. The van der Waals surface area contributed by atoms with Crippen molar-refractivity contribution in [3.8, 4) is 16.9 Å². The lowest BCUT2D eigenvalue weighted by Crippen LogP contribution is -2.15. The molecule has 1 aliphatic carbocycles. The molecule has 0 bridgehead atoms. The summed E-state index contributed by atoms with van der Waals surface area (Å²) in [6.45, 7) is 3.23. The van der Waals surface area contributed by atoms with Gasteiger partial charge in [0.05, 0.1) is 6.61 Å². The highest BCUT2D eigenvalue weighted by Crippen LogP contribution is 2.32. The van der Waals surface area contributed by atoms with Crippen molar-refractivity contribution >= 4 is 0 Å². The molecule has 2 aromatic rings. The van der Waals surface area contributed by atoms with Crippen molar-refractivity contribution in [2.45, 2.75) is 32.4 Å². The summed E-state index contributed by atoms with van der Waals surface area (Å²) in [6, 6.07) is 13.7. The molecule has 21 heavy (non-hydrogen) atoms. The second kappa shape index (κ2) is 6.27. The van der Waals surface area contributed by atoms with E-state index in [1.165, 1.54) is 12.8 Å². The second-order valence-electron chi connectivity index (χ2n) is 5.40. The SMILES string of the molecule is CCOc1ccccc1-c1ccc(CNC2CC2)cc1F. The molecular formula is C18H20FNO. The predicted octanol–water partition coefficient (Wildman–Crippen LogP) is 4.14. The molecule has 0 aromatic heterocycles. The van der Waals surface area contributed by atoms with E-state index in [9.17, 15) is 4.39 Å². The van der Waals surface area contributed by atoms with Gasteiger partial charge in [0, 0.05) is 23.7 Å². The molecule has 0 atom stereocenters. The average Bonchev–Trinajstić information content (AvgIpc) is 3.31. The van der Waals surface area contributed by atoms with Crippen molar-refractivity contribution in [2.75, 3.05) is 6.61 Å². The molecule has 0 unspecified atom stereocenters. The summed E-state index contributed by atoms with van der Waals surface area (Å²) in [5.74, 6) is 0.528. The molecule has 1 fully saturated rings. The van der Waals surface area contributed by atoms with Crippen molar-refractivity contribution in [1.82, 2.24) is 5.32 Å². The van der Waals surface area contributed by atoms with Gasteiger partial charge in [0.1, 0.15) is 11.6 Å². The Balaban J connectivity index is 1.84. The molecule has 1 N–H and O–H groups in total.